The van der Waals surface area contributed by atoms with Gasteiger partial charge in [0, 0.05) is 6.54 Å². The van der Waals surface area contributed by atoms with Gasteiger partial charge in [0.25, 0.3) is 0 Å². The number of hydrogen-bond donors (Lipinski definition) is 0. The fraction of sp³-hybridized carbons (Fsp3) is 0.407. The molecular formula is C27H38FN. The van der Waals surface area contributed by atoms with E-state index in [0.29, 0.717) is 5.92 Å². The molecular weight excluding hydrogens is 357 g/mol. The van der Waals surface area contributed by atoms with Gasteiger partial charge in [-0.2, -0.15) is 0 Å². The Balaban J connectivity index is 0.000000351. The Labute approximate surface area is 178 Å². The molecule has 1 aliphatic heterocycles. The molecule has 1 nitrogen and oxygen atoms in total. The molecule has 0 spiro atoms. The number of benzene rings is 2. The van der Waals surface area contributed by atoms with Gasteiger partial charge in [-0.1, -0.05) is 69.0 Å². The molecule has 0 radical (unpaired) electrons. The first-order valence-electron chi connectivity index (χ1n) is 10.9. The summed E-state index contributed by atoms with van der Waals surface area (Å²) in [6, 6.07) is 15.1. The predicted octanol–water partition coefficient (Wildman–Crippen LogP) is 7.32. The molecule has 0 bridgehead atoms. The van der Waals surface area contributed by atoms with E-state index in [1.54, 1.807) is 6.07 Å². The van der Waals surface area contributed by atoms with Crippen molar-refractivity contribution in [1.29, 1.82) is 0 Å². The van der Waals surface area contributed by atoms with Crippen molar-refractivity contribution in [3.8, 4) is 0 Å². The zero-order valence-corrected chi connectivity index (χ0v) is 18.5. The van der Waals surface area contributed by atoms with Gasteiger partial charge in [0.05, 0.1) is 0 Å². The van der Waals surface area contributed by atoms with E-state index in [1.807, 2.05) is 32.9 Å². The summed E-state index contributed by atoms with van der Waals surface area (Å²) in [4.78, 5) is 2.59. The molecule has 1 heterocycles. The van der Waals surface area contributed by atoms with Crippen molar-refractivity contribution in [2.45, 2.75) is 46.5 Å². The average molecular weight is 396 g/mol. The monoisotopic (exact) mass is 395 g/mol. The Bertz CT molecular complexity index is 705. The van der Waals surface area contributed by atoms with Crippen molar-refractivity contribution in [2.75, 3.05) is 19.6 Å². The van der Waals surface area contributed by atoms with Crippen LogP contribution in [0.25, 0.3) is 6.08 Å². The van der Waals surface area contributed by atoms with Crippen molar-refractivity contribution < 1.29 is 4.39 Å². The summed E-state index contributed by atoms with van der Waals surface area (Å²) in [5, 5.41) is 0. The molecule has 29 heavy (non-hydrogen) atoms. The Morgan fingerprint density at radius 1 is 1.10 bits per heavy atom. The lowest BCUT2D eigenvalue weighted by Gasteiger charge is -2.31. The van der Waals surface area contributed by atoms with Crippen LogP contribution in [0.15, 0.2) is 67.8 Å². The lowest BCUT2D eigenvalue weighted by atomic mass is 9.97. The number of halogens is 1. The molecule has 158 valence electrons. The van der Waals surface area contributed by atoms with Gasteiger partial charge < -0.3 is 4.90 Å². The van der Waals surface area contributed by atoms with Crippen molar-refractivity contribution in [2.24, 2.45) is 5.92 Å². The first-order chi connectivity index (χ1) is 14.1. The van der Waals surface area contributed by atoms with E-state index in [0.717, 1.165) is 12.0 Å². The highest BCUT2D eigenvalue weighted by Gasteiger charge is 2.16. The highest BCUT2D eigenvalue weighted by atomic mass is 19.1. The SMILES string of the molecule is C=Cc1ccccc1CCCN1CCCC(C=C)C1.CC.Cc1cccc(F)c1. The molecule has 0 aromatic heterocycles. The number of likely N-dealkylation sites (tertiary alicyclic amines) is 1. The summed E-state index contributed by atoms with van der Waals surface area (Å²) in [7, 11) is 0. The van der Waals surface area contributed by atoms with Gasteiger partial charge in [-0.05, 0) is 80.4 Å². The van der Waals surface area contributed by atoms with Gasteiger partial charge in [-0.3, -0.25) is 0 Å². The van der Waals surface area contributed by atoms with E-state index < -0.39 is 0 Å². The molecule has 0 saturated carbocycles. The third kappa shape index (κ3) is 9.71. The molecule has 0 N–H and O–H groups in total. The van der Waals surface area contributed by atoms with Crippen LogP contribution in [0.5, 0.6) is 0 Å². The van der Waals surface area contributed by atoms with E-state index in [2.05, 4.69) is 48.4 Å². The second-order valence-corrected chi connectivity index (χ2v) is 7.24. The van der Waals surface area contributed by atoms with Crippen molar-refractivity contribution in [1.82, 2.24) is 4.90 Å². The van der Waals surface area contributed by atoms with Crippen molar-refractivity contribution in [3.63, 3.8) is 0 Å². The van der Waals surface area contributed by atoms with Crippen LogP contribution in [0, 0.1) is 18.7 Å². The third-order valence-corrected chi connectivity index (χ3v) is 5.05. The topological polar surface area (TPSA) is 3.24 Å². The summed E-state index contributed by atoms with van der Waals surface area (Å²) in [5.41, 5.74) is 3.67. The number of nitrogens with zero attached hydrogens (tertiary/aromatic N) is 1. The quantitative estimate of drug-likeness (QED) is 0.463. The van der Waals surface area contributed by atoms with Gasteiger partial charge in [0.2, 0.25) is 0 Å². The van der Waals surface area contributed by atoms with Crippen LogP contribution in [-0.2, 0) is 6.42 Å². The molecule has 1 atom stereocenters. The zero-order chi connectivity index (χ0) is 21.5. The third-order valence-electron chi connectivity index (χ3n) is 5.05. The maximum Gasteiger partial charge on any atom is 0.123 e. The van der Waals surface area contributed by atoms with Crippen LogP contribution in [0.2, 0.25) is 0 Å². The van der Waals surface area contributed by atoms with Crippen LogP contribution in [0.4, 0.5) is 4.39 Å². The fourth-order valence-corrected chi connectivity index (χ4v) is 3.55. The fourth-order valence-electron chi connectivity index (χ4n) is 3.55. The van der Waals surface area contributed by atoms with Crippen LogP contribution in [0.3, 0.4) is 0 Å². The summed E-state index contributed by atoms with van der Waals surface area (Å²) >= 11 is 0. The predicted molar refractivity (Wildman–Crippen MR) is 127 cm³/mol. The molecule has 2 aromatic rings. The highest BCUT2D eigenvalue weighted by Crippen LogP contribution is 2.18. The highest BCUT2D eigenvalue weighted by molar-refractivity contribution is 5.51. The average Bonchev–Trinajstić information content (AvgIpc) is 2.76. The number of rotatable bonds is 6. The Morgan fingerprint density at radius 3 is 2.48 bits per heavy atom. The number of hydrogen-bond acceptors (Lipinski definition) is 1. The van der Waals surface area contributed by atoms with Gasteiger partial charge >= 0.3 is 0 Å². The van der Waals surface area contributed by atoms with Crippen LogP contribution >= 0.6 is 0 Å². The van der Waals surface area contributed by atoms with Crippen LogP contribution in [0.1, 0.15) is 49.8 Å². The minimum atomic E-state index is -0.162. The van der Waals surface area contributed by atoms with E-state index in [-0.39, 0.29) is 5.82 Å². The van der Waals surface area contributed by atoms with Crippen molar-refractivity contribution in [3.05, 3.63) is 90.3 Å². The van der Waals surface area contributed by atoms with Gasteiger partial charge in [-0.25, -0.2) is 4.39 Å². The second-order valence-electron chi connectivity index (χ2n) is 7.24. The number of piperidine rings is 1. The minimum absolute atomic E-state index is 0.162. The molecule has 1 saturated heterocycles. The molecule has 1 fully saturated rings. The summed E-state index contributed by atoms with van der Waals surface area (Å²) in [5.74, 6) is 0.541. The first-order valence-corrected chi connectivity index (χ1v) is 10.9. The van der Waals surface area contributed by atoms with Gasteiger partial charge in [0.15, 0.2) is 0 Å². The van der Waals surface area contributed by atoms with E-state index >= 15 is 0 Å². The summed E-state index contributed by atoms with van der Waals surface area (Å²) in [6.07, 6.45) is 9.11. The molecule has 2 heteroatoms. The molecule has 0 amide bonds. The first kappa shape index (κ1) is 24.8. The smallest absolute Gasteiger partial charge is 0.123 e. The zero-order valence-electron chi connectivity index (χ0n) is 18.5. The second kappa shape index (κ2) is 14.8. The Kier molecular flexibility index (Phi) is 12.6. The lowest BCUT2D eigenvalue weighted by molar-refractivity contribution is 0.195. The van der Waals surface area contributed by atoms with Gasteiger partial charge in [0.1, 0.15) is 5.82 Å². The molecule has 1 unspecified atom stereocenters. The molecule has 3 rings (SSSR count). The van der Waals surface area contributed by atoms with Crippen LogP contribution in [-0.4, -0.2) is 24.5 Å². The van der Waals surface area contributed by atoms with Crippen molar-refractivity contribution >= 4 is 6.08 Å². The van der Waals surface area contributed by atoms with E-state index in [9.17, 15) is 4.39 Å². The Hall–Kier alpha value is -2.19. The number of aryl methyl sites for hydroxylation is 2. The molecule has 1 aliphatic rings. The molecule has 0 aliphatic carbocycles. The Morgan fingerprint density at radius 2 is 1.86 bits per heavy atom. The standard InChI is InChI=1S/C18H25N.C7H7F.C2H6/c1-3-16-9-7-13-19(15-16)14-8-12-18-11-6-5-10-17(18)4-2;1-6-3-2-4-7(8)5-6;1-2/h3-6,10-11,16H,1-2,7-9,12-15H2;2-5H,1H3;1-2H3. The van der Waals surface area contributed by atoms with E-state index in [4.69, 9.17) is 0 Å². The maximum atomic E-state index is 12.2. The summed E-state index contributed by atoms with van der Waals surface area (Å²) in [6.45, 7) is 17.3. The largest absolute Gasteiger partial charge is 0.303 e. The summed E-state index contributed by atoms with van der Waals surface area (Å²) < 4.78 is 12.2. The van der Waals surface area contributed by atoms with E-state index in [1.165, 1.54) is 62.2 Å². The lowest BCUT2D eigenvalue weighted by Crippen LogP contribution is -2.35. The van der Waals surface area contributed by atoms with Crippen LogP contribution < -0.4 is 0 Å². The minimum Gasteiger partial charge on any atom is -0.303 e. The maximum absolute atomic E-state index is 12.2. The molecule has 2 aromatic carbocycles. The van der Waals surface area contributed by atoms with Gasteiger partial charge in [-0.15, -0.1) is 6.58 Å². The normalized spacial score (nSPS) is 15.9.